The summed E-state index contributed by atoms with van der Waals surface area (Å²) in [6, 6.07) is 8.81. The van der Waals surface area contributed by atoms with Crippen molar-refractivity contribution in [1.82, 2.24) is 5.32 Å². The molecule has 1 atom stereocenters. The summed E-state index contributed by atoms with van der Waals surface area (Å²) in [5, 5.41) is 13.6. The van der Waals surface area contributed by atoms with Gasteiger partial charge >= 0.3 is 0 Å². The maximum atomic E-state index is 12.2. The molecule has 2 aromatic rings. The zero-order valence-electron chi connectivity index (χ0n) is 11.1. The van der Waals surface area contributed by atoms with E-state index in [1.807, 2.05) is 0 Å². The maximum absolute atomic E-state index is 12.2. The maximum Gasteiger partial charge on any atom is 0.251 e. The first-order valence-corrected chi connectivity index (χ1v) is 7.75. The lowest BCUT2D eigenvalue weighted by Gasteiger charge is -2.17. The van der Waals surface area contributed by atoms with E-state index in [0.717, 1.165) is 0 Å². The van der Waals surface area contributed by atoms with Crippen molar-refractivity contribution in [2.75, 3.05) is 6.61 Å². The molecule has 3 nitrogen and oxygen atoms in total. The molecule has 0 heterocycles. The first-order valence-electron chi connectivity index (χ1n) is 6.24. The Hall–Kier alpha value is -0.970. The van der Waals surface area contributed by atoms with Gasteiger partial charge in [-0.15, -0.1) is 0 Å². The number of halogens is 4. The molecular formula is C15H11Cl4NO2. The number of carbonyl (C=O) groups is 1. The normalized spacial score (nSPS) is 12.0. The molecule has 2 rings (SSSR count). The van der Waals surface area contributed by atoms with Crippen LogP contribution in [0.2, 0.25) is 20.1 Å². The Bertz CT molecular complexity index is 706. The second-order valence-electron chi connectivity index (χ2n) is 4.51. The summed E-state index contributed by atoms with van der Waals surface area (Å²) in [4.78, 5) is 12.2. The minimum absolute atomic E-state index is 0.282. The smallest absolute Gasteiger partial charge is 0.251 e. The van der Waals surface area contributed by atoms with Gasteiger partial charge in [0.25, 0.3) is 5.91 Å². The van der Waals surface area contributed by atoms with E-state index in [4.69, 9.17) is 46.4 Å². The van der Waals surface area contributed by atoms with Gasteiger partial charge in [-0.25, -0.2) is 0 Å². The second-order valence-corrected chi connectivity index (χ2v) is 6.14. The zero-order valence-corrected chi connectivity index (χ0v) is 14.1. The first kappa shape index (κ1) is 17.4. The van der Waals surface area contributed by atoms with Crippen LogP contribution in [-0.4, -0.2) is 17.6 Å². The zero-order chi connectivity index (χ0) is 16.3. The molecule has 0 unspecified atom stereocenters. The van der Waals surface area contributed by atoms with Gasteiger partial charge in [0.2, 0.25) is 0 Å². The molecule has 7 heteroatoms. The molecule has 116 valence electrons. The van der Waals surface area contributed by atoms with E-state index in [-0.39, 0.29) is 17.5 Å². The number of aliphatic hydroxyl groups excluding tert-OH is 1. The fourth-order valence-corrected chi connectivity index (χ4v) is 2.45. The number of aliphatic hydroxyl groups is 1. The molecule has 0 bridgehead atoms. The summed E-state index contributed by atoms with van der Waals surface area (Å²) in [6.45, 7) is -0.287. The fraction of sp³-hybridized carbons (Fsp3) is 0.133. The topological polar surface area (TPSA) is 49.3 Å². The largest absolute Gasteiger partial charge is 0.394 e. The van der Waals surface area contributed by atoms with Crippen molar-refractivity contribution in [3.05, 3.63) is 67.6 Å². The highest BCUT2D eigenvalue weighted by atomic mass is 35.5. The summed E-state index contributed by atoms with van der Waals surface area (Å²) in [5.41, 5.74) is 0.984. The number of benzene rings is 2. The fourth-order valence-electron chi connectivity index (χ4n) is 1.84. The van der Waals surface area contributed by atoms with Crippen LogP contribution < -0.4 is 5.32 Å². The first-order chi connectivity index (χ1) is 10.4. The van der Waals surface area contributed by atoms with E-state index in [0.29, 0.717) is 26.2 Å². The standard InChI is InChI=1S/C15H11Cl4NO2/c16-10-3-1-8(5-12(10)18)14(7-21)20-15(22)9-2-4-11(17)13(19)6-9/h1-6,14,21H,7H2,(H,20,22)/t14-/m1/s1. The Morgan fingerprint density at radius 3 is 2.09 bits per heavy atom. The molecule has 0 saturated heterocycles. The van der Waals surface area contributed by atoms with Crippen LogP contribution in [0, 0.1) is 0 Å². The van der Waals surface area contributed by atoms with Gasteiger partial charge in [-0.1, -0.05) is 52.5 Å². The molecule has 0 spiro atoms. The van der Waals surface area contributed by atoms with Crippen molar-refractivity contribution >= 4 is 52.3 Å². The highest BCUT2D eigenvalue weighted by molar-refractivity contribution is 6.42. The van der Waals surface area contributed by atoms with Crippen molar-refractivity contribution in [3.8, 4) is 0 Å². The number of carbonyl (C=O) groups excluding carboxylic acids is 1. The molecule has 2 aromatic carbocycles. The van der Waals surface area contributed by atoms with Gasteiger partial charge in [-0.3, -0.25) is 4.79 Å². The molecule has 22 heavy (non-hydrogen) atoms. The van der Waals surface area contributed by atoms with Crippen molar-refractivity contribution in [1.29, 1.82) is 0 Å². The van der Waals surface area contributed by atoms with Crippen LogP contribution in [0.4, 0.5) is 0 Å². The van der Waals surface area contributed by atoms with E-state index in [1.54, 1.807) is 24.3 Å². The number of hydrogen-bond acceptors (Lipinski definition) is 2. The minimum atomic E-state index is -0.614. The number of rotatable bonds is 4. The Labute approximate surface area is 147 Å². The van der Waals surface area contributed by atoms with E-state index < -0.39 is 6.04 Å². The Morgan fingerprint density at radius 2 is 1.55 bits per heavy atom. The molecule has 0 saturated carbocycles. The number of hydrogen-bond donors (Lipinski definition) is 2. The van der Waals surface area contributed by atoms with Crippen LogP contribution in [-0.2, 0) is 0 Å². The third kappa shape index (κ3) is 4.06. The van der Waals surface area contributed by atoms with E-state index >= 15 is 0 Å². The van der Waals surface area contributed by atoms with E-state index in [2.05, 4.69) is 5.32 Å². The quantitative estimate of drug-likeness (QED) is 0.805. The molecular weight excluding hydrogens is 368 g/mol. The third-order valence-corrected chi connectivity index (χ3v) is 4.49. The third-order valence-electron chi connectivity index (χ3n) is 3.02. The van der Waals surface area contributed by atoms with E-state index in [9.17, 15) is 9.90 Å². The van der Waals surface area contributed by atoms with Crippen molar-refractivity contribution < 1.29 is 9.90 Å². The van der Waals surface area contributed by atoms with Gasteiger partial charge in [0.1, 0.15) is 0 Å². The summed E-state index contributed by atoms with van der Waals surface area (Å²) in [5.74, 6) is -0.385. The van der Waals surface area contributed by atoms with Gasteiger partial charge in [-0.2, -0.15) is 0 Å². The number of nitrogens with one attached hydrogen (secondary N) is 1. The number of amides is 1. The lowest BCUT2D eigenvalue weighted by Crippen LogP contribution is -2.30. The summed E-state index contributed by atoms with van der Waals surface area (Å²) in [6.07, 6.45) is 0. The van der Waals surface area contributed by atoms with Crippen molar-refractivity contribution in [2.24, 2.45) is 0 Å². The van der Waals surface area contributed by atoms with Gasteiger partial charge in [-0.05, 0) is 35.9 Å². The van der Waals surface area contributed by atoms with Crippen molar-refractivity contribution in [3.63, 3.8) is 0 Å². The van der Waals surface area contributed by atoms with Gasteiger partial charge in [0, 0.05) is 5.56 Å². The monoisotopic (exact) mass is 377 g/mol. The SMILES string of the molecule is O=C(N[C@H](CO)c1ccc(Cl)c(Cl)c1)c1ccc(Cl)c(Cl)c1. The summed E-state index contributed by atoms with van der Waals surface area (Å²) >= 11 is 23.5. The lowest BCUT2D eigenvalue weighted by atomic mass is 10.1. The van der Waals surface area contributed by atoms with Crippen LogP contribution in [0.5, 0.6) is 0 Å². The molecule has 0 fully saturated rings. The average molecular weight is 379 g/mol. The van der Waals surface area contributed by atoms with Crippen LogP contribution >= 0.6 is 46.4 Å². The van der Waals surface area contributed by atoms with Gasteiger partial charge < -0.3 is 10.4 Å². The Balaban J connectivity index is 2.20. The molecule has 1 amide bonds. The molecule has 0 aliphatic heterocycles. The molecule has 0 aliphatic rings. The van der Waals surface area contributed by atoms with Crippen molar-refractivity contribution in [2.45, 2.75) is 6.04 Å². The highest BCUT2D eigenvalue weighted by Crippen LogP contribution is 2.26. The van der Waals surface area contributed by atoms with Crippen LogP contribution in [0.3, 0.4) is 0 Å². The lowest BCUT2D eigenvalue weighted by molar-refractivity contribution is 0.0916. The Kier molecular flexibility index (Phi) is 5.95. The molecule has 2 N–H and O–H groups in total. The van der Waals surface area contributed by atoms with Gasteiger partial charge in [0.05, 0.1) is 32.7 Å². The summed E-state index contributed by atoms with van der Waals surface area (Å²) < 4.78 is 0. The van der Waals surface area contributed by atoms with Gasteiger partial charge in [0.15, 0.2) is 0 Å². The average Bonchev–Trinajstić information content (AvgIpc) is 2.50. The molecule has 0 aliphatic carbocycles. The predicted octanol–water partition coefficient (Wildman–Crippen LogP) is 4.76. The molecule has 0 aromatic heterocycles. The minimum Gasteiger partial charge on any atom is -0.394 e. The van der Waals surface area contributed by atoms with Crippen LogP contribution in [0.1, 0.15) is 22.0 Å². The predicted molar refractivity (Wildman–Crippen MR) is 90.2 cm³/mol. The van der Waals surface area contributed by atoms with E-state index in [1.165, 1.54) is 12.1 Å². The van der Waals surface area contributed by atoms with Crippen LogP contribution in [0.25, 0.3) is 0 Å². The second kappa shape index (κ2) is 7.53. The van der Waals surface area contributed by atoms with Crippen LogP contribution in [0.15, 0.2) is 36.4 Å². The highest BCUT2D eigenvalue weighted by Gasteiger charge is 2.16. The molecule has 0 radical (unpaired) electrons. The summed E-state index contributed by atoms with van der Waals surface area (Å²) in [7, 11) is 0. The Morgan fingerprint density at radius 1 is 0.955 bits per heavy atom.